The first-order chi connectivity index (χ1) is 13.6. The molecule has 1 aliphatic rings. The Balaban J connectivity index is 0.00000300. The SMILES string of the molecule is CN=C(NCc1nc(-c2ccc(OC)cc2)n[nH]1)N1CCCC(CC(N)=O)C1.I. The van der Waals surface area contributed by atoms with E-state index < -0.39 is 0 Å². The van der Waals surface area contributed by atoms with Crippen molar-refractivity contribution < 1.29 is 9.53 Å². The van der Waals surface area contributed by atoms with Gasteiger partial charge in [-0.2, -0.15) is 5.10 Å². The number of nitrogens with zero attached hydrogens (tertiary/aromatic N) is 4. The van der Waals surface area contributed by atoms with Crippen LogP contribution in [0.15, 0.2) is 29.3 Å². The summed E-state index contributed by atoms with van der Waals surface area (Å²) in [4.78, 5) is 22.3. The van der Waals surface area contributed by atoms with E-state index in [1.54, 1.807) is 14.2 Å². The summed E-state index contributed by atoms with van der Waals surface area (Å²) in [5, 5.41) is 10.6. The van der Waals surface area contributed by atoms with Crippen LogP contribution in [0.1, 0.15) is 25.1 Å². The van der Waals surface area contributed by atoms with Crippen molar-refractivity contribution in [3.05, 3.63) is 30.1 Å². The Bertz CT molecular complexity index is 822. The average Bonchev–Trinajstić information content (AvgIpc) is 3.17. The van der Waals surface area contributed by atoms with Crippen molar-refractivity contribution in [2.45, 2.75) is 25.8 Å². The molecule has 4 N–H and O–H groups in total. The normalized spacial score (nSPS) is 16.8. The van der Waals surface area contributed by atoms with Gasteiger partial charge in [-0.25, -0.2) is 4.98 Å². The fourth-order valence-electron chi connectivity index (χ4n) is 3.45. The molecule has 2 aromatic rings. The van der Waals surface area contributed by atoms with Crippen molar-refractivity contribution >= 4 is 35.8 Å². The van der Waals surface area contributed by atoms with E-state index in [4.69, 9.17) is 10.5 Å². The largest absolute Gasteiger partial charge is 0.497 e. The number of aromatic amines is 1. The van der Waals surface area contributed by atoms with Gasteiger partial charge >= 0.3 is 0 Å². The minimum absolute atomic E-state index is 0. The lowest BCUT2D eigenvalue weighted by atomic mass is 9.95. The topological polar surface area (TPSA) is 122 Å². The molecule has 1 fully saturated rings. The van der Waals surface area contributed by atoms with E-state index in [1.807, 2.05) is 24.3 Å². The standard InChI is InChI=1S/C19H27N7O2.HI/c1-21-19(26-9-3-4-13(12-26)10-16(20)27)22-11-17-23-18(25-24-17)14-5-7-15(28-2)8-6-14;/h5-8,13H,3-4,9-12H2,1-2H3,(H2,20,27)(H,21,22)(H,23,24,25);1H. The molecule has 1 atom stereocenters. The smallest absolute Gasteiger partial charge is 0.217 e. The number of benzene rings is 1. The number of nitrogens with two attached hydrogens (primary N) is 1. The first kappa shape index (κ1) is 22.9. The van der Waals surface area contributed by atoms with E-state index in [9.17, 15) is 4.79 Å². The van der Waals surface area contributed by atoms with Crippen molar-refractivity contribution in [3.8, 4) is 17.1 Å². The number of aromatic nitrogens is 3. The van der Waals surface area contributed by atoms with Crippen molar-refractivity contribution in [1.82, 2.24) is 25.4 Å². The summed E-state index contributed by atoms with van der Waals surface area (Å²) in [6, 6.07) is 7.60. The molecule has 1 aliphatic heterocycles. The molecule has 29 heavy (non-hydrogen) atoms. The Kier molecular flexibility index (Phi) is 8.68. The molecule has 158 valence electrons. The molecular weight excluding hydrogens is 485 g/mol. The molecule has 2 heterocycles. The number of piperidine rings is 1. The van der Waals surface area contributed by atoms with Gasteiger partial charge in [0.2, 0.25) is 5.91 Å². The molecule has 0 saturated carbocycles. The zero-order valence-corrected chi connectivity index (χ0v) is 19.1. The first-order valence-corrected chi connectivity index (χ1v) is 9.38. The number of ether oxygens (including phenoxy) is 1. The Labute approximate surface area is 187 Å². The summed E-state index contributed by atoms with van der Waals surface area (Å²) in [5.74, 6) is 2.96. The quantitative estimate of drug-likeness (QED) is 0.308. The second-order valence-electron chi connectivity index (χ2n) is 6.86. The highest BCUT2D eigenvalue weighted by Gasteiger charge is 2.23. The number of H-pyrrole nitrogens is 1. The van der Waals surface area contributed by atoms with Crippen LogP contribution < -0.4 is 15.8 Å². The van der Waals surface area contributed by atoms with Crippen LogP contribution in [-0.4, -0.2) is 59.2 Å². The van der Waals surface area contributed by atoms with Gasteiger partial charge in [-0.3, -0.25) is 14.9 Å². The van der Waals surface area contributed by atoms with Gasteiger partial charge in [-0.15, -0.1) is 24.0 Å². The number of halogens is 1. The number of methoxy groups -OCH3 is 1. The number of carbonyl (C=O) groups is 1. The van der Waals surface area contributed by atoms with Gasteiger partial charge < -0.3 is 20.7 Å². The van der Waals surface area contributed by atoms with Crippen molar-refractivity contribution in [2.24, 2.45) is 16.6 Å². The third-order valence-electron chi connectivity index (χ3n) is 4.81. The third kappa shape index (κ3) is 6.31. The highest BCUT2D eigenvalue weighted by Crippen LogP contribution is 2.20. The molecule has 1 amide bonds. The third-order valence-corrected chi connectivity index (χ3v) is 4.81. The summed E-state index contributed by atoms with van der Waals surface area (Å²) in [5.41, 5.74) is 6.26. The molecule has 0 aliphatic carbocycles. The first-order valence-electron chi connectivity index (χ1n) is 9.38. The van der Waals surface area contributed by atoms with E-state index in [1.165, 1.54) is 0 Å². The van der Waals surface area contributed by atoms with Gasteiger partial charge in [0.05, 0.1) is 13.7 Å². The molecule has 9 nitrogen and oxygen atoms in total. The summed E-state index contributed by atoms with van der Waals surface area (Å²) >= 11 is 0. The van der Waals surface area contributed by atoms with Gasteiger partial charge in [-0.05, 0) is 43.0 Å². The molecule has 0 radical (unpaired) electrons. The number of likely N-dealkylation sites (tertiary alicyclic amines) is 1. The van der Waals surface area contributed by atoms with Gasteiger partial charge in [0.25, 0.3) is 0 Å². The molecule has 3 rings (SSSR count). The zero-order valence-electron chi connectivity index (χ0n) is 16.7. The maximum Gasteiger partial charge on any atom is 0.217 e. The van der Waals surface area contributed by atoms with Crippen LogP contribution >= 0.6 is 24.0 Å². The second-order valence-corrected chi connectivity index (χ2v) is 6.86. The van der Waals surface area contributed by atoms with E-state index in [0.717, 1.165) is 49.0 Å². The molecule has 0 spiro atoms. The van der Waals surface area contributed by atoms with Crippen LogP contribution in [0.3, 0.4) is 0 Å². The predicted molar refractivity (Wildman–Crippen MR) is 122 cm³/mol. The van der Waals surface area contributed by atoms with Gasteiger partial charge in [-0.1, -0.05) is 0 Å². The van der Waals surface area contributed by atoms with Crippen LogP contribution in [0.25, 0.3) is 11.4 Å². The maximum absolute atomic E-state index is 11.2. The lowest BCUT2D eigenvalue weighted by molar-refractivity contribution is -0.119. The number of amides is 1. The van der Waals surface area contributed by atoms with Crippen LogP contribution in [0.4, 0.5) is 0 Å². The zero-order chi connectivity index (χ0) is 19.9. The molecule has 1 unspecified atom stereocenters. The molecule has 10 heteroatoms. The highest BCUT2D eigenvalue weighted by molar-refractivity contribution is 14.0. The Morgan fingerprint density at radius 3 is 2.83 bits per heavy atom. The number of hydrogen-bond donors (Lipinski definition) is 3. The van der Waals surface area contributed by atoms with E-state index in [2.05, 4.69) is 30.4 Å². The molecule has 1 aromatic heterocycles. The lowest BCUT2D eigenvalue weighted by Crippen LogP contribution is -2.47. The Hall–Kier alpha value is -2.37. The number of primary amides is 1. The lowest BCUT2D eigenvalue weighted by Gasteiger charge is -2.34. The van der Waals surface area contributed by atoms with Crippen molar-refractivity contribution in [2.75, 3.05) is 27.2 Å². The Morgan fingerprint density at radius 2 is 2.17 bits per heavy atom. The van der Waals surface area contributed by atoms with Gasteiger partial charge in [0.1, 0.15) is 11.6 Å². The highest BCUT2D eigenvalue weighted by atomic mass is 127. The van der Waals surface area contributed by atoms with Crippen molar-refractivity contribution in [3.63, 3.8) is 0 Å². The Morgan fingerprint density at radius 1 is 1.41 bits per heavy atom. The van der Waals surface area contributed by atoms with Gasteiger partial charge in [0.15, 0.2) is 11.8 Å². The average molecular weight is 513 g/mol. The second kappa shape index (κ2) is 11.0. The predicted octanol–water partition coefficient (Wildman–Crippen LogP) is 1.76. The van der Waals surface area contributed by atoms with Crippen LogP contribution in [0.2, 0.25) is 0 Å². The number of nitrogens with one attached hydrogen (secondary N) is 2. The molecule has 0 bridgehead atoms. The maximum atomic E-state index is 11.2. The summed E-state index contributed by atoms with van der Waals surface area (Å²) < 4.78 is 5.17. The summed E-state index contributed by atoms with van der Waals surface area (Å²) in [6.45, 7) is 2.16. The van der Waals surface area contributed by atoms with E-state index in [0.29, 0.717) is 18.8 Å². The van der Waals surface area contributed by atoms with Gasteiger partial charge in [0, 0.05) is 32.1 Å². The molecule has 1 saturated heterocycles. The fraction of sp³-hybridized carbons (Fsp3) is 0.474. The van der Waals surface area contributed by atoms with E-state index in [-0.39, 0.29) is 35.8 Å². The fourth-order valence-corrected chi connectivity index (χ4v) is 3.45. The molecule has 1 aromatic carbocycles. The molecular formula is C19H28IN7O2. The van der Waals surface area contributed by atoms with Crippen LogP contribution in [0.5, 0.6) is 5.75 Å². The van der Waals surface area contributed by atoms with E-state index >= 15 is 0 Å². The number of guanidine groups is 1. The minimum atomic E-state index is -0.248. The van der Waals surface area contributed by atoms with Crippen LogP contribution in [0, 0.1) is 5.92 Å². The summed E-state index contributed by atoms with van der Waals surface area (Å²) in [7, 11) is 3.39. The number of carbonyl (C=O) groups excluding carboxylic acids is 1. The number of hydrogen-bond acceptors (Lipinski definition) is 5. The monoisotopic (exact) mass is 513 g/mol. The van der Waals surface area contributed by atoms with Crippen LogP contribution in [-0.2, 0) is 11.3 Å². The minimum Gasteiger partial charge on any atom is -0.497 e. The summed E-state index contributed by atoms with van der Waals surface area (Å²) in [6.07, 6.45) is 2.45. The number of rotatable bonds is 6. The number of aliphatic imine (C=N–C) groups is 1. The van der Waals surface area contributed by atoms with Crippen molar-refractivity contribution in [1.29, 1.82) is 0 Å².